The molecule has 0 aliphatic carbocycles. The van der Waals surface area contributed by atoms with Gasteiger partial charge in [-0.2, -0.15) is 0 Å². The van der Waals surface area contributed by atoms with Crippen molar-refractivity contribution < 1.29 is 4.79 Å². The number of thioether (sulfide) groups is 1. The molecule has 0 bridgehead atoms. The summed E-state index contributed by atoms with van der Waals surface area (Å²) in [5.41, 5.74) is 1.77. The monoisotopic (exact) mass is 339 g/mol. The predicted octanol–water partition coefficient (Wildman–Crippen LogP) is 5.42. The van der Waals surface area contributed by atoms with Crippen LogP contribution in [0.15, 0.2) is 47.4 Å². The van der Waals surface area contributed by atoms with Crippen LogP contribution in [0.1, 0.15) is 12.0 Å². The number of hydrogen-bond donors (Lipinski definition) is 1. The minimum absolute atomic E-state index is 0.0122. The van der Waals surface area contributed by atoms with Gasteiger partial charge in [-0.05, 0) is 48.9 Å². The normalized spacial score (nSPS) is 10.4. The van der Waals surface area contributed by atoms with Gasteiger partial charge in [-0.3, -0.25) is 4.79 Å². The molecule has 1 amide bonds. The molecule has 21 heavy (non-hydrogen) atoms. The summed E-state index contributed by atoms with van der Waals surface area (Å²) in [7, 11) is 0. The van der Waals surface area contributed by atoms with Crippen LogP contribution in [0.2, 0.25) is 10.0 Å². The molecule has 2 nitrogen and oxygen atoms in total. The highest BCUT2D eigenvalue weighted by molar-refractivity contribution is 7.99. The van der Waals surface area contributed by atoms with E-state index in [2.05, 4.69) is 5.32 Å². The zero-order chi connectivity index (χ0) is 15.2. The highest BCUT2D eigenvalue weighted by Crippen LogP contribution is 2.22. The molecule has 0 spiro atoms. The molecule has 0 atom stereocenters. The fourth-order valence-electron chi connectivity index (χ4n) is 1.73. The molecule has 5 heteroatoms. The van der Waals surface area contributed by atoms with Crippen molar-refractivity contribution in [3.05, 3.63) is 58.1 Å². The number of carbonyl (C=O) groups excluding carboxylic acids is 1. The Hall–Kier alpha value is -1.16. The summed E-state index contributed by atoms with van der Waals surface area (Å²) in [6.45, 7) is 1.94. The summed E-state index contributed by atoms with van der Waals surface area (Å²) in [6.07, 6.45) is 0.444. The van der Waals surface area contributed by atoms with Crippen molar-refractivity contribution in [2.45, 2.75) is 18.2 Å². The van der Waals surface area contributed by atoms with Gasteiger partial charge in [0, 0.05) is 32.8 Å². The van der Waals surface area contributed by atoms with Crippen LogP contribution >= 0.6 is 35.0 Å². The first-order valence-electron chi connectivity index (χ1n) is 6.49. The van der Waals surface area contributed by atoms with Crippen molar-refractivity contribution in [3.63, 3.8) is 0 Å². The summed E-state index contributed by atoms with van der Waals surface area (Å²) in [5.74, 6) is 0.703. The first kappa shape index (κ1) is 16.2. The van der Waals surface area contributed by atoms with Gasteiger partial charge in [0.1, 0.15) is 0 Å². The van der Waals surface area contributed by atoms with E-state index in [1.807, 2.05) is 43.3 Å². The number of amides is 1. The second kappa shape index (κ2) is 7.74. The summed E-state index contributed by atoms with van der Waals surface area (Å²) >= 11 is 13.4. The van der Waals surface area contributed by atoms with E-state index in [9.17, 15) is 4.79 Å². The Morgan fingerprint density at radius 3 is 2.48 bits per heavy atom. The topological polar surface area (TPSA) is 29.1 Å². The van der Waals surface area contributed by atoms with E-state index in [4.69, 9.17) is 23.2 Å². The number of anilines is 1. The number of nitrogens with one attached hydrogen (secondary N) is 1. The minimum Gasteiger partial charge on any atom is -0.326 e. The minimum atomic E-state index is -0.0122. The van der Waals surface area contributed by atoms with Crippen LogP contribution in [-0.2, 0) is 4.79 Å². The van der Waals surface area contributed by atoms with Crippen molar-refractivity contribution in [1.29, 1.82) is 0 Å². The third-order valence-electron chi connectivity index (χ3n) is 2.89. The van der Waals surface area contributed by atoms with E-state index in [0.29, 0.717) is 22.2 Å². The van der Waals surface area contributed by atoms with E-state index >= 15 is 0 Å². The zero-order valence-electron chi connectivity index (χ0n) is 11.5. The Kier molecular flexibility index (Phi) is 5.97. The predicted molar refractivity (Wildman–Crippen MR) is 91.6 cm³/mol. The maximum atomic E-state index is 11.9. The summed E-state index contributed by atoms with van der Waals surface area (Å²) < 4.78 is 0. The van der Waals surface area contributed by atoms with Crippen LogP contribution in [0, 0.1) is 6.92 Å². The fraction of sp³-hybridized carbons (Fsp3) is 0.188. The Morgan fingerprint density at radius 2 is 1.76 bits per heavy atom. The Balaban J connectivity index is 1.82. The van der Waals surface area contributed by atoms with Gasteiger partial charge in [0.15, 0.2) is 0 Å². The second-order valence-electron chi connectivity index (χ2n) is 4.56. The molecule has 0 aliphatic heterocycles. The lowest BCUT2D eigenvalue weighted by atomic mass is 10.2. The number of aryl methyl sites for hydroxylation is 1. The lowest BCUT2D eigenvalue weighted by molar-refractivity contribution is -0.115. The summed E-state index contributed by atoms with van der Waals surface area (Å²) in [6, 6.07) is 13.1. The van der Waals surface area contributed by atoms with Crippen LogP contribution in [0.5, 0.6) is 0 Å². The molecular weight excluding hydrogens is 325 g/mol. The number of carbonyl (C=O) groups is 1. The molecule has 2 rings (SSSR count). The lowest BCUT2D eigenvalue weighted by Gasteiger charge is -2.08. The average Bonchev–Trinajstić information content (AvgIpc) is 2.45. The van der Waals surface area contributed by atoms with E-state index in [0.717, 1.165) is 16.1 Å². The maximum absolute atomic E-state index is 11.9. The average molecular weight is 340 g/mol. The zero-order valence-corrected chi connectivity index (χ0v) is 13.9. The molecule has 2 aromatic rings. The smallest absolute Gasteiger partial charge is 0.225 e. The highest BCUT2D eigenvalue weighted by Gasteiger charge is 2.06. The van der Waals surface area contributed by atoms with Crippen molar-refractivity contribution in [3.8, 4) is 0 Å². The van der Waals surface area contributed by atoms with E-state index < -0.39 is 0 Å². The third kappa shape index (κ3) is 5.27. The Bertz CT molecular complexity index is 629. The van der Waals surface area contributed by atoms with Gasteiger partial charge in [-0.15, -0.1) is 11.8 Å². The molecule has 110 valence electrons. The van der Waals surface area contributed by atoms with E-state index in [-0.39, 0.29) is 5.91 Å². The molecule has 0 saturated carbocycles. The molecule has 0 fully saturated rings. The van der Waals surface area contributed by atoms with Gasteiger partial charge in [0.2, 0.25) is 5.91 Å². The second-order valence-corrected chi connectivity index (χ2v) is 6.60. The van der Waals surface area contributed by atoms with Crippen molar-refractivity contribution >= 4 is 46.6 Å². The number of halogens is 2. The SMILES string of the molecule is Cc1ccc(Cl)cc1NC(=O)CCSc1ccc(Cl)cc1. The molecule has 0 radical (unpaired) electrons. The van der Waals surface area contributed by atoms with Crippen molar-refractivity contribution in [2.75, 3.05) is 11.1 Å². The molecule has 0 aromatic heterocycles. The summed E-state index contributed by atoms with van der Waals surface area (Å²) in [5, 5.41) is 4.22. The van der Waals surface area contributed by atoms with Crippen LogP contribution in [0.4, 0.5) is 5.69 Å². The standard InChI is InChI=1S/C16H15Cl2NOS/c1-11-2-3-13(18)10-15(11)19-16(20)8-9-21-14-6-4-12(17)5-7-14/h2-7,10H,8-9H2,1H3,(H,19,20). The Morgan fingerprint density at radius 1 is 1.10 bits per heavy atom. The fourth-order valence-corrected chi connectivity index (χ4v) is 2.88. The van der Waals surface area contributed by atoms with Crippen molar-refractivity contribution in [1.82, 2.24) is 0 Å². The molecular formula is C16H15Cl2NOS. The highest BCUT2D eigenvalue weighted by atomic mass is 35.5. The maximum Gasteiger partial charge on any atom is 0.225 e. The third-order valence-corrected chi connectivity index (χ3v) is 4.39. The van der Waals surface area contributed by atoms with Gasteiger partial charge < -0.3 is 5.32 Å². The van der Waals surface area contributed by atoms with Crippen molar-refractivity contribution in [2.24, 2.45) is 0 Å². The van der Waals surface area contributed by atoms with Crippen LogP contribution in [-0.4, -0.2) is 11.7 Å². The number of rotatable bonds is 5. The first-order valence-corrected chi connectivity index (χ1v) is 8.23. The van der Waals surface area contributed by atoms with Crippen LogP contribution in [0.3, 0.4) is 0 Å². The van der Waals surface area contributed by atoms with E-state index in [1.165, 1.54) is 0 Å². The Labute approximate surface area is 138 Å². The molecule has 0 unspecified atom stereocenters. The van der Waals surface area contributed by atoms with Crippen LogP contribution in [0.25, 0.3) is 0 Å². The van der Waals surface area contributed by atoms with Gasteiger partial charge in [0.25, 0.3) is 0 Å². The first-order chi connectivity index (χ1) is 10.0. The number of benzene rings is 2. The lowest BCUT2D eigenvalue weighted by Crippen LogP contribution is -2.13. The molecule has 1 N–H and O–H groups in total. The number of hydrogen-bond acceptors (Lipinski definition) is 2. The molecule has 0 aliphatic rings. The quantitative estimate of drug-likeness (QED) is 0.736. The van der Waals surface area contributed by atoms with Gasteiger partial charge in [0.05, 0.1) is 0 Å². The van der Waals surface area contributed by atoms with Crippen LogP contribution < -0.4 is 5.32 Å². The van der Waals surface area contributed by atoms with Gasteiger partial charge in [-0.1, -0.05) is 29.3 Å². The van der Waals surface area contributed by atoms with Gasteiger partial charge in [-0.25, -0.2) is 0 Å². The van der Waals surface area contributed by atoms with E-state index in [1.54, 1.807) is 17.8 Å². The summed E-state index contributed by atoms with van der Waals surface area (Å²) in [4.78, 5) is 13.0. The molecule has 0 heterocycles. The molecule has 2 aromatic carbocycles. The largest absolute Gasteiger partial charge is 0.326 e. The van der Waals surface area contributed by atoms with Gasteiger partial charge >= 0.3 is 0 Å². The molecule has 0 saturated heterocycles.